The van der Waals surface area contributed by atoms with Gasteiger partial charge in [0, 0.05) is 7.05 Å². The fraction of sp³-hybridized carbons (Fsp3) is 0.750. The third-order valence-electron chi connectivity index (χ3n) is 0.813. The Balaban J connectivity index is 3.46. The molecule has 0 aliphatic carbocycles. The molecular formula is C4H9NO3S. The van der Waals surface area contributed by atoms with Crippen LogP contribution in [0.15, 0.2) is 0 Å². The van der Waals surface area contributed by atoms with E-state index in [-0.39, 0.29) is 12.5 Å². The van der Waals surface area contributed by atoms with Crippen molar-refractivity contribution >= 4 is 18.8 Å². The number of nitrogens with zero attached hydrogens (tertiary/aromatic N) is 1. The van der Waals surface area contributed by atoms with E-state index in [1.807, 2.05) is 0 Å². The van der Waals surface area contributed by atoms with Crippen LogP contribution in [0.4, 0.5) is 0 Å². The van der Waals surface area contributed by atoms with Gasteiger partial charge in [-0.15, -0.1) is 0 Å². The van der Waals surface area contributed by atoms with Gasteiger partial charge in [0.05, 0.1) is 7.11 Å². The lowest BCUT2D eigenvalue weighted by atomic mass is 10.7. The Morgan fingerprint density at radius 1 is 1.78 bits per heavy atom. The van der Waals surface area contributed by atoms with Crippen molar-refractivity contribution < 1.29 is 13.8 Å². The van der Waals surface area contributed by atoms with E-state index in [9.17, 15) is 4.79 Å². The highest BCUT2D eigenvalue weighted by atomic mass is 32.1. The van der Waals surface area contributed by atoms with Gasteiger partial charge < -0.3 is 4.18 Å². The zero-order valence-corrected chi connectivity index (χ0v) is 6.22. The molecule has 0 aromatic heterocycles. The van der Waals surface area contributed by atoms with Crippen molar-refractivity contribution in [1.29, 1.82) is 0 Å². The minimum Gasteiger partial charge on any atom is -0.309 e. The molecule has 0 saturated carbocycles. The maximum absolute atomic E-state index is 10.6. The zero-order valence-electron chi connectivity index (χ0n) is 5.33. The largest absolute Gasteiger partial charge is 0.309 e. The van der Waals surface area contributed by atoms with E-state index in [1.54, 1.807) is 0 Å². The van der Waals surface area contributed by atoms with Crippen molar-refractivity contribution in [2.24, 2.45) is 0 Å². The molecule has 9 heavy (non-hydrogen) atoms. The fourth-order valence-corrected chi connectivity index (χ4v) is 0.358. The molecule has 0 rings (SSSR count). The summed E-state index contributed by atoms with van der Waals surface area (Å²) in [6.07, 6.45) is 0. The average molecular weight is 151 g/mol. The van der Waals surface area contributed by atoms with Gasteiger partial charge in [0.25, 0.3) is 5.91 Å². The zero-order chi connectivity index (χ0) is 7.28. The molecule has 0 heterocycles. The van der Waals surface area contributed by atoms with Crippen molar-refractivity contribution in [2.75, 3.05) is 20.8 Å². The van der Waals surface area contributed by atoms with Crippen LogP contribution in [-0.2, 0) is 13.8 Å². The third-order valence-corrected chi connectivity index (χ3v) is 0.942. The first kappa shape index (κ1) is 8.74. The SMILES string of the molecule is CON(C)C(=O)COS. The molecular weight excluding hydrogens is 142 g/mol. The van der Waals surface area contributed by atoms with E-state index >= 15 is 0 Å². The third kappa shape index (κ3) is 3.34. The van der Waals surface area contributed by atoms with Crippen molar-refractivity contribution in [2.45, 2.75) is 0 Å². The first-order chi connectivity index (χ1) is 4.22. The lowest BCUT2D eigenvalue weighted by Gasteiger charge is -2.11. The van der Waals surface area contributed by atoms with Gasteiger partial charge in [0.1, 0.15) is 6.61 Å². The number of likely N-dealkylation sites (N-methyl/N-ethyl adjacent to an activating group) is 1. The molecule has 0 aliphatic heterocycles. The smallest absolute Gasteiger partial charge is 0.273 e. The van der Waals surface area contributed by atoms with Gasteiger partial charge in [-0.1, -0.05) is 0 Å². The van der Waals surface area contributed by atoms with E-state index in [0.717, 1.165) is 5.06 Å². The van der Waals surface area contributed by atoms with Gasteiger partial charge in [-0.25, -0.2) is 5.06 Å². The molecule has 0 N–H and O–H groups in total. The summed E-state index contributed by atoms with van der Waals surface area (Å²) >= 11 is 3.39. The molecule has 4 nitrogen and oxygen atoms in total. The van der Waals surface area contributed by atoms with Crippen molar-refractivity contribution in [3.05, 3.63) is 0 Å². The van der Waals surface area contributed by atoms with Gasteiger partial charge in [0.15, 0.2) is 0 Å². The van der Waals surface area contributed by atoms with E-state index in [1.165, 1.54) is 14.2 Å². The van der Waals surface area contributed by atoms with Gasteiger partial charge in [0.2, 0.25) is 0 Å². The van der Waals surface area contributed by atoms with E-state index in [0.29, 0.717) is 0 Å². The number of carbonyl (C=O) groups excluding carboxylic acids is 1. The number of carbonyl (C=O) groups is 1. The number of amides is 1. The Morgan fingerprint density at radius 3 is 2.67 bits per heavy atom. The second-order valence-corrected chi connectivity index (χ2v) is 1.61. The Morgan fingerprint density at radius 2 is 2.33 bits per heavy atom. The van der Waals surface area contributed by atoms with Gasteiger partial charge >= 0.3 is 0 Å². The quantitative estimate of drug-likeness (QED) is 0.347. The van der Waals surface area contributed by atoms with Crippen LogP contribution in [0.25, 0.3) is 0 Å². The molecule has 0 aliphatic rings. The normalized spacial score (nSPS) is 9.22. The van der Waals surface area contributed by atoms with Crippen LogP contribution in [0, 0.1) is 0 Å². The van der Waals surface area contributed by atoms with Crippen LogP contribution < -0.4 is 0 Å². The first-order valence-electron chi connectivity index (χ1n) is 2.29. The van der Waals surface area contributed by atoms with E-state index in [4.69, 9.17) is 0 Å². The minimum absolute atomic E-state index is 0.0759. The van der Waals surface area contributed by atoms with Crippen LogP contribution in [0.1, 0.15) is 0 Å². The maximum atomic E-state index is 10.6. The topological polar surface area (TPSA) is 38.8 Å². The predicted octanol–water partition coefficient (Wildman–Crippen LogP) is -0.132. The van der Waals surface area contributed by atoms with Crippen LogP contribution in [-0.4, -0.2) is 31.7 Å². The molecule has 0 bridgehead atoms. The molecule has 54 valence electrons. The summed E-state index contributed by atoms with van der Waals surface area (Å²) in [5.74, 6) is -0.271. The van der Waals surface area contributed by atoms with Crippen LogP contribution in [0.5, 0.6) is 0 Å². The molecule has 0 saturated heterocycles. The standard InChI is InChI=1S/C4H9NO3S/c1-5(7-2)4(6)3-8-9/h9H,3H2,1-2H3. The van der Waals surface area contributed by atoms with Crippen LogP contribution in [0.2, 0.25) is 0 Å². The molecule has 1 amide bonds. The van der Waals surface area contributed by atoms with Gasteiger partial charge in [-0.2, -0.15) is 0 Å². The van der Waals surface area contributed by atoms with Gasteiger partial charge in [-0.05, 0) is 12.9 Å². The Hall–Kier alpha value is -0.260. The van der Waals surface area contributed by atoms with Gasteiger partial charge in [-0.3, -0.25) is 9.63 Å². The van der Waals surface area contributed by atoms with E-state index < -0.39 is 0 Å². The highest BCUT2D eigenvalue weighted by Gasteiger charge is 2.05. The van der Waals surface area contributed by atoms with Crippen molar-refractivity contribution in [3.63, 3.8) is 0 Å². The second-order valence-electron chi connectivity index (χ2n) is 1.35. The number of hydroxylamine groups is 2. The molecule has 0 fully saturated rings. The molecule has 0 radical (unpaired) electrons. The summed E-state index contributed by atoms with van der Waals surface area (Å²) in [5.41, 5.74) is 0. The first-order valence-corrected chi connectivity index (χ1v) is 2.66. The summed E-state index contributed by atoms with van der Waals surface area (Å²) in [4.78, 5) is 15.1. The summed E-state index contributed by atoms with van der Waals surface area (Å²) < 4.78 is 4.25. The highest BCUT2D eigenvalue weighted by Crippen LogP contribution is 1.86. The molecule has 0 spiro atoms. The Labute approximate surface area is 59.3 Å². The van der Waals surface area contributed by atoms with E-state index in [2.05, 4.69) is 21.9 Å². The predicted molar refractivity (Wildman–Crippen MR) is 34.7 cm³/mol. The Kier molecular flexibility index (Phi) is 4.47. The molecule has 5 heteroatoms. The van der Waals surface area contributed by atoms with Crippen LogP contribution in [0.3, 0.4) is 0 Å². The monoisotopic (exact) mass is 151 g/mol. The summed E-state index contributed by atoms with van der Waals surface area (Å²) in [5, 5.41) is 1.07. The van der Waals surface area contributed by atoms with Crippen molar-refractivity contribution in [3.8, 4) is 0 Å². The summed E-state index contributed by atoms with van der Waals surface area (Å²) in [6, 6.07) is 0. The molecule has 0 aromatic rings. The number of hydrogen-bond acceptors (Lipinski definition) is 4. The number of hydrogen-bond donors (Lipinski definition) is 1. The second kappa shape index (κ2) is 4.60. The lowest BCUT2D eigenvalue weighted by Crippen LogP contribution is -2.28. The molecule has 0 aromatic carbocycles. The number of thiol groups is 1. The van der Waals surface area contributed by atoms with Crippen molar-refractivity contribution in [1.82, 2.24) is 5.06 Å². The van der Waals surface area contributed by atoms with Crippen LogP contribution >= 0.6 is 12.9 Å². The lowest BCUT2D eigenvalue weighted by molar-refractivity contribution is -0.170. The maximum Gasteiger partial charge on any atom is 0.273 e. The molecule has 0 unspecified atom stereocenters. The Bertz CT molecular complexity index is 97.8. The molecule has 0 atom stereocenters. The fourth-order valence-electron chi connectivity index (χ4n) is 0.248. The minimum atomic E-state index is -0.271. The number of rotatable bonds is 3. The summed E-state index contributed by atoms with van der Waals surface area (Å²) in [7, 11) is 2.89. The average Bonchev–Trinajstić information content (AvgIpc) is 1.87. The highest BCUT2D eigenvalue weighted by molar-refractivity contribution is 7.75. The summed E-state index contributed by atoms with van der Waals surface area (Å²) in [6.45, 7) is -0.0759.